The molecule has 412 valence electrons. The number of aromatic carboxylic acids is 1. The van der Waals surface area contributed by atoms with Crippen molar-refractivity contribution in [2.75, 3.05) is 51.3 Å². The summed E-state index contributed by atoms with van der Waals surface area (Å²) in [6.45, 7) is 14.9. The predicted molar refractivity (Wildman–Crippen MR) is 277 cm³/mol. The monoisotopic (exact) mass is 1130 g/mol. The van der Waals surface area contributed by atoms with Gasteiger partial charge >= 0.3 is 41.2 Å². The molecule has 5 atom stereocenters. The molecule has 0 radical (unpaired) electrons. The number of carboxylic acids is 1. The second kappa shape index (κ2) is 25.6. The van der Waals surface area contributed by atoms with Crippen molar-refractivity contribution in [3.8, 4) is 34.3 Å². The average Bonchev–Trinajstić information content (AvgIpc) is 3.77. The van der Waals surface area contributed by atoms with Gasteiger partial charge in [-0.15, -0.1) is 6.58 Å². The molecule has 2 amide bonds. The van der Waals surface area contributed by atoms with E-state index in [1.807, 2.05) is 52.0 Å². The minimum absolute atomic E-state index is 0.0305. The normalized spacial score (nSPS) is 17.2. The van der Waals surface area contributed by atoms with E-state index in [1.54, 1.807) is 0 Å². The molecule has 1 fully saturated rings. The van der Waals surface area contributed by atoms with Gasteiger partial charge in [0, 0.05) is 72.1 Å². The van der Waals surface area contributed by atoms with Crippen molar-refractivity contribution in [1.82, 2.24) is 20.2 Å². The lowest BCUT2D eigenvalue weighted by molar-refractivity contribution is -0.0571. The zero-order valence-corrected chi connectivity index (χ0v) is 44.5. The van der Waals surface area contributed by atoms with Gasteiger partial charge in [0.25, 0.3) is 11.5 Å². The fourth-order valence-corrected chi connectivity index (χ4v) is 11.0. The maximum Gasteiger partial charge on any atom is 0.490 e. The molecule has 3 unspecified atom stereocenters. The van der Waals surface area contributed by atoms with Crippen molar-refractivity contribution in [2.45, 2.75) is 59.0 Å². The maximum atomic E-state index is 13.6. The molecule has 26 nitrogen and oxygen atoms in total. The first-order valence-corrected chi connectivity index (χ1v) is 27.8. The lowest BCUT2D eigenvalue weighted by Gasteiger charge is -2.21. The highest BCUT2D eigenvalue weighted by molar-refractivity contribution is 7.66. The van der Waals surface area contributed by atoms with Crippen LogP contribution in [0, 0.1) is 25.7 Å². The van der Waals surface area contributed by atoms with Crippen LogP contribution in [-0.2, 0) is 41.1 Å². The van der Waals surface area contributed by atoms with Gasteiger partial charge < -0.3 is 59.3 Å². The van der Waals surface area contributed by atoms with Crippen LogP contribution in [-0.4, -0.2) is 110 Å². The maximum absolute atomic E-state index is 13.6. The Kier molecular flexibility index (Phi) is 19.7. The Morgan fingerprint density at radius 2 is 1.74 bits per heavy atom. The summed E-state index contributed by atoms with van der Waals surface area (Å²) in [6, 6.07) is 11.9. The summed E-state index contributed by atoms with van der Waals surface area (Å²) < 4.78 is 71.1. The number of rotatable bonds is 23. The Balaban J connectivity index is 1.05. The van der Waals surface area contributed by atoms with Gasteiger partial charge in [0.2, 0.25) is 0 Å². The summed E-state index contributed by atoms with van der Waals surface area (Å²) >= 11 is 0. The first kappa shape index (κ1) is 59.4. The number of anilines is 1. The lowest BCUT2D eigenvalue weighted by atomic mass is 9.88. The zero-order valence-electron chi connectivity index (χ0n) is 41.8. The number of carbonyl (C=O) groups excluding carboxylic acids is 2. The number of ether oxygens (including phenoxy) is 3. The third-order valence-corrected chi connectivity index (χ3v) is 15.1. The smallest absolute Gasteiger partial charge is 0.478 e. The van der Waals surface area contributed by atoms with Gasteiger partial charge in [0.15, 0.2) is 0 Å². The Morgan fingerprint density at radius 1 is 0.987 bits per heavy atom. The number of aromatic nitrogens is 2. The van der Waals surface area contributed by atoms with Crippen LogP contribution in [0.5, 0.6) is 0 Å². The largest absolute Gasteiger partial charge is 0.490 e. The molecule has 0 saturated carbocycles. The van der Waals surface area contributed by atoms with E-state index in [2.05, 4.69) is 64.1 Å². The molecular formula is C48H55N6O20P3. The van der Waals surface area contributed by atoms with E-state index in [-0.39, 0.29) is 55.8 Å². The van der Waals surface area contributed by atoms with Gasteiger partial charge in [-0.3, -0.25) is 28.7 Å². The minimum atomic E-state index is -5.81. The van der Waals surface area contributed by atoms with Gasteiger partial charge in [-0.25, -0.2) is 28.1 Å². The molecule has 1 saturated heterocycles. The van der Waals surface area contributed by atoms with E-state index in [1.165, 1.54) is 24.3 Å². The molecule has 3 heterocycles. The number of hydrogen-bond donors (Lipinski definition) is 9. The molecule has 0 bridgehead atoms. The van der Waals surface area contributed by atoms with Crippen LogP contribution in [0.2, 0.25) is 0 Å². The third kappa shape index (κ3) is 15.9. The molecule has 9 N–H and O–H groups in total. The summed E-state index contributed by atoms with van der Waals surface area (Å²) in [6.07, 6.45) is -1.96. The third-order valence-electron chi connectivity index (χ3n) is 11.3. The fraction of sp³-hybridized carbons (Fsp3) is 0.333. The SMILES string of the molecule is C=CCOC1C[C@H](n2cc(C#CCNC(=O)OCC(=C)CCNC(=O)c3ccc(C(=O)O)c(-c4c5cc(C)c(=NCC)cc-5oc5cc(NCC)c(C)cc45)c3)c(=O)[nH]c2=O)O[C@@H]1COP(=O)(O)OP(=O)(O)OP(=O)(O)O. The number of fused-ring (bicyclic) bond motifs is 2. The highest BCUT2D eigenvalue weighted by atomic mass is 31.3. The van der Waals surface area contributed by atoms with Gasteiger partial charge in [-0.2, -0.15) is 8.62 Å². The summed E-state index contributed by atoms with van der Waals surface area (Å²) in [5, 5.41) is 20.3. The van der Waals surface area contributed by atoms with Crippen molar-refractivity contribution in [3.05, 3.63) is 127 Å². The number of benzene rings is 3. The predicted octanol–water partition coefficient (Wildman–Crippen LogP) is 5.38. The molecule has 6 rings (SSSR count). The molecule has 3 aromatic rings. The van der Waals surface area contributed by atoms with Crippen molar-refractivity contribution in [1.29, 1.82) is 0 Å². The molecule has 2 aliphatic heterocycles. The number of H-pyrrole nitrogens is 1. The number of carbonyl (C=O) groups is 3. The van der Waals surface area contributed by atoms with Crippen LogP contribution in [0.1, 0.15) is 70.3 Å². The number of alkyl carbamates (subject to hydrolysis) is 1. The van der Waals surface area contributed by atoms with Crippen LogP contribution in [0.15, 0.2) is 92.5 Å². The van der Waals surface area contributed by atoms with Crippen molar-refractivity contribution in [2.24, 2.45) is 4.99 Å². The number of nitrogens with one attached hydrogen (secondary N) is 4. The van der Waals surface area contributed by atoms with E-state index in [4.69, 9.17) is 28.4 Å². The van der Waals surface area contributed by atoms with E-state index in [0.717, 1.165) is 32.9 Å². The number of phosphoric ester groups is 1. The number of aryl methyl sites for hydroxylation is 2. The van der Waals surface area contributed by atoms with Crippen LogP contribution in [0.3, 0.4) is 0 Å². The second-order valence-electron chi connectivity index (χ2n) is 17.0. The minimum Gasteiger partial charge on any atom is -0.478 e. The molecule has 1 aromatic heterocycles. The summed E-state index contributed by atoms with van der Waals surface area (Å²) in [5.74, 6) is 3.85. The first-order chi connectivity index (χ1) is 36.3. The van der Waals surface area contributed by atoms with Gasteiger partial charge in [0.05, 0.1) is 36.8 Å². The van der Waals surface area contributed by atoms with E-state index in [9.17, 15) is 52.6 Å². The summed E-state index contributed by atoms with van der Waals surface area (Å²) in [7, 11) is -17.0. The van der Waals surface area contributed by atoms with Gasteiger partial charge in [-0.05, 0) is 86.7 Å². The number of hydrogen-bond acceptors (Lipinski definition) is 17. The first-order valence-electron chi connectivity index (χ1n) is 23.3. The number of phosphoric acid groups is 3. The number of aromatic amines is 1. The Bertz CT molecular complexity index is 3480. The Labute approximate surface area is 438 Å². The van der Waals surface area contributed by atoms with Crippen LogP contribution in [0.25, 0.3) is 33.4 Å². The fourth-order valence-electron chi connectivity index (χ4n) is 7.93. The van der Waals surface area contributed by atoms with E-state index < -0.39 is 77.7 Å². The topological polar surface area (TPSA) is 375 Å². The molecule has 3 aliphatic rings. The lowest BCUT2D eigenvalue weighted by Crippen LogP contribution is -2.34. The Hall–Kier alpha value is -6.81. The van der Waals surface area contributed by atoms with Crippen molar-refractivity contribution >= 4 is 58.1 Å². The molecular weight excluding hydrogens is 1070 g/mol. The summed E-state index contributed by atoms with van der Waals surface area (Å²) in [5.41, 5.74) is 3.05. The highest BCUT2D eigenvalue weighted by Gasteiger charge is 2.43. The molecule has 77 heavy (non-hydrogen) atoms. The molecule has 2 aromatic carbocycles. The average molecular weight is 1130 g/mol. The van der Waals surface area contributed by atoms with Crippen LogP contribution >= 0.6 is 23.5 Å². The van der Waals surface area contributed by atoms with Crippen molar-refractivity contribution in [3.63, 3.8) is 0 Å². The number of amides is 2. The van der Waals surface area contributed by atoms with Gasteiger partial charge in [-0.1, -0.05) is 24.5 Å². The molecule has 29 heteroatoms. The zero-order chi connectivity index (χ0) is 56.4. The number of nitrogens with zero attached hydrogens (tertiary/aromatic N) is 2. The molecule has 0 spiro atoms. The highest BCUT2D eigenvalue weighted by Crippen LogP contribution is 2.66. The van der Waals surface area contributed by atoms with Crippen LogP contribution < -0.4 is 32.6 Å². The van der Waals surface area contributed by atoms with Gasteiger partial charge in [0.1, 0.15) is 35.8 Å². The molecule has 1 aliphatic carbocycles. The van der Waals surface area contributed by atoms with E-state index >= 15 is 0 Å². The standard InChI is InChI=1S/C48H55N6O20P3/c1-7-17-68-40-23-42(72-41(40)26-70-76(64,65)74-77(66,67)73-75(61,62)63)54-24-31(45(56)53-47(54)59)11-10-15-52-48(60)69-25-27(4)14-16-51-44(55)30-12-13-32(46(57)58)33(20-30)43-34-18-28(5)36(49-8-2)21-38(34)71-39-22-37(50-9-3)29(6)19-35(39)43/h7,12-13,18-22,24,40-42,49H,1,4,8-9,14-17,23,25-26H2,2-3,5-6H3,(H,51,55)(H,52,60)(H,57,58)(H,64,65)(H,66,67)(H,53,56,59)(H2,61,62,63)/t40?,41-,42-/m1/s1. The van der Waals surface area contributed by atoms with Crippen molar-refractivity contribution < 1.29 is 84.5 Å². The summed E-state index contributed by atoms with van der Waals surface area (Å²) in [4.78, 5) is 108. The quantitative estimate of drug-likeness (QED) is 0.0172. The van der Waals surface area contributed by atoms with Crippen LogP contribution in [0.4, 0.5) is 10.5 Å². The number of carboxylic acid groups (broad SMARTS) is 1. The van der Waals surface area contributed by atoms with E-state index in [0.29, 0.717) is 52.1 Å². The Morgan fingerprint density at radius 3 is 2.43 bits per heavy atom. The second-order valence-corrected chi connectivity index (χ2v) is 21.4.